The summed E-state index contributed by atoms with van der Waals surface area (Å²) in [5.41, 5.74) is 0.829. The summed E-state index contributed by atoms with van der Waals surface area (Å²) in [6.07, 6.45) is -0.173. The molecule has 0 radical (unpaired) electrons. The molecule has 1 aromatic carbocycles. The molecule has 0 spiro atoms. The number of carbonyl (C=O) groups is 2. The van der Waals surface area contributed by atoms with E-state index in [1.165, 1.54) is 0 Å². The summed E-state index contributed by atoms with van der Waals surface area (Å²) < 4.78 is 5.26. The van der Waals surface area contributed by atoms with E-state index in [2.05, 4.69) is 15.5 Å². The summed E-state index contributed by atoms with van der Waals surface area (Å²) in [5, 5.41) is 6.06. The highest BCUT2D eigenvalue weighted by molar-refractivity contribution is 6.31. The molecule has 0 saturated carbocycles. The van der Waals surface area contributed by atoms with Gasteiger partial charge in [0.05, 0.1) is 13.2 Å². The zero-order valence-electron chi connectivity index (χ0n) is 13.0. The Morgan fingerprint density at radius 2 is 1.83 bits per heavy atom. The van der Waals surface area contributed by atoms with Crippen LogP contribution < -0.4 is 10.6 Å². The maximum absolute atomic E-state index is 11.8. The lowest BCUT2D eigenvalue weighted by molar-refractivity contribution is -0.129. The van der Waals surface area contributed by atoms with Crippen LogP contribution in [0.5, 0.6) is 0 Å². The Morgan fingerprint density at radius 1 is 1.13 bits per heavy atom. The van der Waals surface area contributed by atoms with Gasteiger partial charge in [0, 0.05) is 37.7 Å². The second-order valence-electron chi connectivity index (χ2n) is 5.35. The first kappa shape index (κ1) is 17.7. The van der Waals surface area contributed by atoms with Gasteiger partial charge in [-0.15, -0.1) is 0 Å². The monoisotopic (exact) mass is 339 g/mol. The van der Waals surface area contributed by atoms with Gasteiger partial charge < -0.3 is 15.4 Å². The number of halogens is 1. The van der Waals surface area contributed by atoms with Crippen molar-refractivity contribution in [2.45, 2.75) is 13.0 Å². The molecule has 0 atom stereocenters. The average molecular weight is 340 g/mol. The molecule has 2 amide bonds. The fourth-order valence-electron chi connectivity index (χ4n) is 2.28. The molecular weight excluding hydrogens is 318 g/mol. The number of morpholine rings is 1. The van der Waals surface area contributed by atoms with E-state index in [-0.39, 0.29) is 18.2 Å². The Balaban J connectivity index is 1.60. The molecule has 0 bridgehead atoms. The fourth-order valence-corrected chi connectivity index (χ4v) is 2.49. The van der Waals surface area contributed by atoms with Crippen molar-refractivity contribution in [3.8, 4) is 0 Å². The van der Waals surface area contributed by atoms with Crippen molar-refractivity contribution < 1.29 is 14.3 Å². The molecule has 1 aliphatic rings. The largest absolute Gasteiger partial charge is 0.379 e. The summed E-state index contributed by atoms with van der Waals surface area (Å²) >= 11 is 6.01. The van der Waals surface area contributed by atoms with Gasteiger partial charge in [-0.1, -0.05) is 29.8 Å². The molecule has 1 aliphatic heterocycles. The third kappa shape index (κ3) is 6.56. The van der Waals surface area contributed by atoms with Crippen molar-refractivity contribution in [1.29, 1.82) is 0 Å². The van der Waals surface area contributed by atoms with Crippen LogP contribution in [0.25, 0.3) is 0 Å². The van der Waals surface area contributed by atoms with Crippen LogP contribution in [0.3, 0.4) is 0 Å². The van der Waals surface area contributed by atoms with E-state index in [0.29, 0.717) is 18.1 Å². The van der Waals surface area contributed by atoms with Crippen molar-refractivity contribution in [3.05, 3.63) is 34.9 Å². The first-order valence-corrected chi connectivity index (χ1v) is 8.10. The van der Waals surface area contributed by atoms with E-state index in [1.807, 2.05) is 18.2 Å². The summed E-state index contributed by atoms with van der Waals surface area (Å²) in [5.74, 6) is -0.580. The molecule has 0 aromatic heterocycles. The summed E-state index contributed by atoms with van der Waals surface area (Å²) in [6.45, 7) is 4.87. The fraction of sp³-hybridized carbons (Fsp3) is 0.500. The second kappa shape index (κ2) is 9.50. The quantitative estimate of drug-likeness (QED) is 0.721. The van der Waals surface area contributed by atoms with Gasteiger partial charge in [-0.2, -0.15) is 0 Å². The molecule has 6 nitrogen and oxygen atoms in total. The minimum atomic E-state index is -0.311. The van der Waals surface area contributed by atoms with Crippen LogP contribution >= 0.6 is 11.6 Å². The van der Waals surface area contributed by atoms with Crippen LogP contribution in [0.4, 0.5) is 0 Å². The van der Waals surface area contributed by atoms with Crippen molar-refractivity contribution in [2.75, 3.05) is 39.4 Å². The number of carbonyl (C=O) groups excluding carboxylic acids is 2. The number of hydrogen-bond donors (Lipinski definition) is 2. The van der Waals surface area contributed by atoms with Gasteiger partial charge in [0.25, 0.3) is 0 Å². The highest BCUT2D eigenvalue weighted by Gasteiger charge is 2.12. The lowest BCUT2D eigenvalue weighted by Crippen LogP contribution is -2.42. The Hall–Kier alpha value is -1.63. The number of ether oxygens (including phenoxy) is 1. The van der Waals surface area contributed by atoms with Gasteiger partial charge in [0.15, 0.2) is 0 Å². The average Bonchev–Trinajstić information content (AvgIpc) is 2.55. The second-order valence-corrected chi connectivity index (χ2v) is 5.76. The first-order valence-electron chi connectivity index (χ1n) is 7.72. The Morgan fingerprint density at radius 3 is 2.57 bits per heavy atom. The molecular formula is C16H22ClN3O3. The summed E-state index contributed by atoms with van der Waals surface area (Å²) in [4.78, 5) is 25.7. The predicted octanol–water partition coefficient (Wildman–Crippen LogP) is 0.795. The van der Waals surface area contributed by atoms with Gasteiger partial charge in [-0.3, -0.25) is 14.5 Å². The molecule has 1 aromatic rings. The zero-order chi connectivity index (χ0) is 16.5. The SMILES string of the molecule is O=C(CC(=O)NCc1ccccc1Cl)NCCN1CCOCC1. The normalized spacial score (nSPS) is 15.2. The molecule has 1 saturated heterocycles. The van der Waals surface area contributed by atoms with E-state index in [9.17, 15) is 9.59 Å². The molecule has 2 N–H and O–H groups in total. The van der Waals surface area contributed by atoms with Crippen LogP contribution in [0, 0.1) is 0 Å². The van der Waals surface area contributed by atoms with Gasteiger partial charge in [0.2, 0.25) is 11.8 Å². The van der Waals surface area contributed by atoms with Gasteiger partial charge in [0.1, 0.15) is 6.42 Å². The highest BCUT2D eigenvalue weighted by Crippen LogP contribution is 2.14. The minimum absolute atomic E-state index is 0.173. The molecule has 0 aliphatic carbocycles. The van der Waals surface area contributed by atoms with Crippen LogP contribution in [-0.4, -0.2) is 56.1 Å². The van der Waals surface area contributed by atoms with Gasteiger partial charge in [-0.05, 0) is 11.6 Å². The van der Waals surface area contributed by atoms with Crippen LogP contribution in [0.15, 0.2) is 24.3 Å². The molecule has 1 fully saturated rings. The molecule has 7 heteroatoms. The first-order chi connectivity index (χ1) is 11.1. The van der Waals surface area contributed by atoms with Crippen molar-refractivity contribution in [1.82, 2.24) is 15.5 Å². The number of hydrogen-bond acceptors (Lipinski definition) is 4. The lowest BCUT2D eigenvalue weighted by atomic mass is 10.2. The summed E-state index contributed by atoms with van der Waals surface area (Å²) in [7, 11) is 0. The van der Waals surface area contributed by atoms with Gasteiger partial charge in [-0.25, -0.2) is 0 Å². The number of benzene rings is 1. The van der Waals surface area contributed by atoms with Crippen LogP contribution in [0.1, 0.15) is 12.0 Å². The van der Waals surface area contributed by atoms with Gasteiger partial charge >= 0.3 is 0 Å². The maximum atomic E-state index is 11.8. The Labute approximate surface area is 141 Å². The molecule has 2 rings (SSSR count). The third-order valence-corrected chi connectivity index (χ3v) is 3.98. The number of nitrogens with one attached hydrogen (secondary N) is 2. The number of nitrogens with zero attached hydrogens (tertiary/aromatic N) is 1. The lowest BCUT2D eigenvalue weighted by Gasteiger charge is -2.26. The summed E-state index contributed by atoms with van der Waals surface area (Å²) in [6, 6.07) is 7.29. The van der Waals surface area contributed by atoms with Crippen molar-refractivity contribution in [2.24, 2.45) is 0 Å². The standard InChI is InChI=1S/C16H22ClN3O3/c17-14-4-2-1-3-13(14)12-19-16(22)11-15(21)18-5-6-20-7-9-23-10-8-20/h1-4H,5-12H2,(H,18,21)(H,19,22). The highest BCUT2D eigenvalue weighted by atomic mass is 35.5. The van der Waals surface area contributed by atoms with E-state index >= 15 is 0 Å². The molecule has 126 valence electrons. The number of rotatable bonds is 7. The minimum Gasteiger partial charge on any atom is -0.379 e. The van der Waals surface area contributed by atoms with Crippen molar-refractivity contribution in [3.63, 3.8) is 0 Å². The van der Waals surface area contributed by atoms with Crippen molar-refractivity contribution >= 4 is 23.4 Å². The van der Waals surface area contributed by atoms with Crippen LogP contribution in [0.2, 0.25) is 5.02 Å². The van der Waals surface area contributed by atoms with E-state index in [4.69, 9.17) is 16.3 Å². The molecule has 0 unspecified atom stereocenters. The van der Waals surface area contributed by atoms with Crippen LogP contribution in [-0.2, 0) is 20.9 Å². The smallest absolute Gasteiger partial charge is 0.229 e. The Bertz CT molecular complexity index is 533. The van der Waals surface area contributed by atoms with E-state index < -0.39 is 0 Å². The Kier molecular flexibility index (Phi) is 7.32. The third-order valence-electron chi connectivity index (χ3n) is 3.61. The predicted molar refractivity (Wildman–Crippen MR) is 88.2 cm³/mol. The zero-order valence-corrected chi connectivity index (χ0v) is 13.8. The molecule has 23 heavy (non-hydrogen) atoms. The van der Waals surface area contributed by atoms with E-state index in [0.717, 1.165) is 38.4 Å². The number of amides is 2. The topological polar surface area (TPSA) is 70.7 Å². The van der Waals surface area contributed by atoms with E-state index in [1.54, 1.807) is 6.07 Å². The molecule has 1 heterocycles. The maximum Gasteiger partial charge on any atom is 0.229 e.